The number of carbonyl (C=O) groups is 2. The molecule has 9 nitrogen and oxygen atoms in total. The molecule has 0 radical (unpaired) electrons. The van der Waals surface area contributed by atoms with Crippen molar-refractivity contribution in [3.05, 3.63) is 106 Å². The SMILES string of the molecule is CCC(c1nn2cccc2c(=O)n1Cc1ccccc1)N(CC(C)(C)NC(=O)OC(C)(C)C)C(=O)c1ccccc1. The molecule has 0 fully saturated rings. The lowest BCUT2D eigenvalue weighted by molar-refractivity contribution is 0.0395. The predicted molar refractivity (Wildman–Crippen MR) is 159 cm³/mol. The lowest BCUT2D eigenvalue weighted by Gasteiger charge is -2.38. The van der Waals surface area contributed by atoms with E-state index in [2.05, 4.69) is 5.32 Å². The lowest BCUT2D eigenvalue weighted by Crippen LogP contribution is -2.55. The fourth-order valence-corrected chi connectivity index (χ4v) is 4.86. The number of hydrogen-bond acceptors (Lipinski definition) is 5. The Morgan fingerprint density at radius 3 is 2.20 bits per heavy atom. The van der Waals surface area contributed by atoms with Crippen LogP contribution in [0.4, 0.5) is 4.79 Å². The molecule has 0 spiro atoms. The molecule has 0 saturated heterocycles. The van der Waals surface area contributed by atoms with E-state index in [4.69, 9.17) is 9.84 Å². The van der Waals surface area contributed by atoms with Crippen LogP contribution in [0.2, 0.25) is 0 Å². The van der Waals surface area contributed by atoms with Crippen molar-refractivity contribution in [3.63, 3.8) is 0 Å². The molecular weight excluding hydrogens is 518 g/mol. The van der Waals surface area contributed by atoms with Crippen LogP contribution < -0.4 is 10.9 Å². The summed E-state index contributed by atoms with van der Waals surface area (Å²) in [4.78, 5) is 42.4. The Morgan fingerprint density at radius 1 is 0.951 bits per heavy atom. The highest BCUT2D eigenvalue weighted by molar-refractivity contribution is 5.94. The van der Waals surface area contributed by atoms with Gasteiger partial charge in [-0.25, -0.2) is 9.31 Å². The number of benzene rings is 2. The van der Waals surface area contributed by atoms with E-state index in [1.54, 1.807) is 65.2 Å². The van der Waals surface area contributed by atoms with Gasteiger partial charge in [-0.2, -0.15) is 5.10 Å². The van der Waals surface area contributed by atoms with Gasteiger partial charge in [0.1, 0.15) is 11.1 Å². The Labute approximate surface area is 240 Å². The fourth-order valence-electron chi connectivity index (χ4n) is 4.86. The highest BCUT2D eigenvalue weighted by atomic mass is 16.6. The third kappa shape index (κ3) is 7.22. The fraction of sp³-hybridized carbons (Fsp3) is 0.375. The van der Waals surface area contributed by atoms with E-state index in [-0.39, 0.29) is 18.0 Å². The first-order chi connectivity index (χ1) is 19.4. The van der Waals surface area contributed by atoms with Gasteiger partial charge in [0.25, 0.3) is 11.5 Å². The normalized spacial score (nSPS) is 12.6. The molecule has 0 aliphatic rings. The van der Waals surface area contributed by atoms with Gasteiger partial charge in [-0.15, -0.1) is 0 Å². The minimum atomic E-state index is -0.873. The summed E-state index contributed by atoms with van der Waals surface area (Å²) in [6.45, 7) is 11.5. The largest absolute Gasteiger partial charge is 0.444 e. The molecule has 41 heavy (non-hydrogen) atoms. The number of aromatic nitrogens is 3. The molecule has 2 aromatic carbocycles. The number of ether oxygens (including phenoxy) is 1. The number of alkyl carbamates (subject to hydrolysis) is 1. The van der Waals surface area contributed by atoms with Crippen LogP contribution in [-0.2, 0) is 11.3 Å². The Kier molecular flexibility index (Phi) is 8.66. The molecule has 216 valence electrons. The maximum absolute atomic E-state index is 14.1. The van der Waals surface area contributed by atoms with E-state index in [9.17, 15) is 14.4 Å². The molecule has 0 aliphatic carbocycles. The van der Waals surface area contributed by atoms with Crippen molar-refractivity contribution in [3.8, 4) is 0 Å². The number of rotatable bonds is 9. The quantitative estimate of drug-likeness (QED) is 0.296. The molecule has 0 bridgehead atoms. The van der Waals surface area contributed by atoms with Gasteiger partial charge in [0.2, 0.25) is 0 Å². The summed E-state index contributed by atoms with van der Waals surface area (Å²) in [6, 6.07) is 21.6. The van der Waals surface area contributed by atoms with Gasteiger partial charge < -0.3 is 15.0 Å². The van der Waals surface area contributed by atoms with E-state index < -0.39 is 23.3 Å². The van der Waals surface area contributed by atoms with Crippen LogP contribution in [0.5, 0.6) is 0 Å². The van der Waals surface area contributed by atoms with Gasteiger partial charge >= 0.3 is 6.09 Å². The van der Waals surface area contributed by atoms with Crippen LogP contribution in [0.25, 0.3) is 5.52 Å². The zero-order valence-electron chi connectivity index (χ0n) is 24.6. The minimum Gasteiger partial charge on any atom is -0.444 e. The van der Waals surface area contributed by atoms with E-state index in [0.717, 1.165) is 5.56 Å². The second-order valence-electron chi connectivity index (χ2n) is 11.8. The summed E-state index contributed by atoms with van der Waals surface area (Å²) in [5.41, 5.74) is 0.152. The monoisotopic (exact) mass is 557 g/mol. The van der Waals surface area contributed by atoms with Gasteiger partial charge in [0.15, 0.2) is 5.82 Å². The van der Waals surface area contributed by atoms with E-state index in [0.29, 0.717) is 29.9 Å². The van der Waals surface area contributed by atoms with Crippen molar-refractivity contribution >= 4 is 17.5 Å². The van der Waals surface area contributed by atoms with Crippen LogP contribution >= 0.6 is 0 Å². The van der Waals surface area contributed by atoms with Crippen LogP contribution in [0.15, 0.2) is 83.8 Å². The molecular formula is C32H39N5O4. The molecule has 4 rings (SSSR count). The summed E-state index contributed by atoms with van der Waals surface area (Å²) in [6.07, 6.45) is 1.64. The van der Waals surface area contributed by atoms with Gasteiger partial charge in [0.05, 0.1) is 18.1 Å². The van der Waals surface area contributed by atoms with Crippen LogP contribution in [-0.4, -0.2) is 48.8 Å². The number of carbonyl (C=O) groups excluding carboxylic acids is 2. The Morgan fingerprint density at radius 2 is 1.59 bits per heavy atom. The molecule has 2 amide bonds. The smallest absolute Gasteiger partial charge is 0.408 e. The Balaban J connectivity index is 1.82. The molecule has 4 aromatic rings. The first kappa shape index (κ1) is 29.6. The van der Waals surface area contributed by atoms with Crippen molar-refractivity contribution in [2.24, 2.45) is 0 Å². The molecule has 2 heterocycles. The first-order valence-corrected chi connectivity index (χ1v) is 13.9. The van der Waals surface area contributed by atoms with Crippen LogP contribution in [0.3, 0.4) is 0 Å². The van der Waals surface area contributed by atoms with Gasteiger partial charge in [-0.05, 0) is 70.9 Å². The third-order valence-corrected chi connectivity index (χ3v) is 6.61. The van der Waals surface area contributed by atoms with Crippen molar-refractivity contribution in [1.82, 2.24) is 24.4 Å². The molecule has 1 N–H and O–H groups in total. The minimum absolute atomic E-state index is 0.142. The lowest BCUT2D eigenvalue weighted by atomic mass is 10.0. The highest BCUT2D eigenvalue weighted by Crippen LogP contribution is 2.27. The Hall–Kier alpha value is -4.40. The van der Waals surface area contributed by atoms with Crippen LogP contribution in [0, 0.1) is 0 Å². The summed E-state index contributed by atoms with van der Waals surface area (Å²) in [5.74, 6) is 0.229. The highest BCUT2D eigenvalue weighted by Gasteiger charge is 2.35. The third-order valence-electron chi connectivity index (χ3n) is 6.61. The van der Waals surface area contributed by atoms with E-state index in [1.165, 1.54) is 0 Å². The molecule has 2 aromatic heterocycles. The number of hydrogen-bond donors (Lipinski definition) is 1. The standard InChI is InChI=1S/C32H39N5O4/c1-7-25(27-34-37-20-14-19-26(37)29(39)35(27)21-23-15-10-8-11-16-23)36(28(38)24-17-12-9-13-18-24)22-32(5,6)33-30(40)41-31(2,3)4/h8-20,25H,7,21-22H2,1-6H3,(H,33,40). The van der Waals surface area contributed by atoms with Crippen LogP contribution in [0.1, 0.15) is 75.8 Å². The second kappa shape index (κ2) is 12.0. The molecule has 1 unspecified atom stereocenters. The number of nitrogens with zero attached hydrogens (tertiary/aromatic N) is 4. The number of amides is 2. The van der Waals surface area contributed by atoms with E-state index in [1.807, 2.05) is 69.3 Å². The summed E-state index contributed by atoms with van der Waals surface area (Å²) in [5, 5.41) is 7.80. The molecule has 0 aliphatic heterocycles. The molecule has 1 atom stereocenters. The zero-order valence-corrected chi connectivity index (χ0v) is 24.6. The summed E-state index contributed by atoms with van der Waals surface area (Å²) < 4.78 is 8.72. The van der Waals surface area contributed by atoms with E-state index >= 15 is 0 Å². The van der Waals surface area contributed by atoms with Crippen molar-refractivity contribution in [2.45, 2.75) is 71.7 Å². The maximum Gasteiger partial charge on any atom is 0.408 e. The topological polar surface area (TPSA) is 97.9 Å². The van der Waals surface area contributed by atoms with Crippen molar-refractivity contribution in [1.29, 1.82) is 0 Å². The average molecular weight is 558 g/mol. The molecule has 9 heteroatoms. The Bertz CT molecular complexity index is 1550. The maximum atomic E-state index is 14.1. The first-order valence-electron chi connectivity index (χ1n) is 13.9. The number of fused-ring (bicyclic) bond motifs is 1. The van der Waals surface area contributed by atoms with Gasteiger partial charge in [0, 0.05) is 18.3 Å². The summed E-state index contributed by atoms with van der Waals surface area (Å²) in [7, 11) is 0. The average Bonchev–Trinajstić information content (AvgIpc) is 3.39. The van der Waals surface area contributed by atoms with Gasteiger partial charge in [-0.1, -0.05) is 55.5 Å². The zero-order chi connectivity index (χ0) is 29.8. The molecule has 0 saturated carbocycles. The number of nitrogens with one attached hydrogen (secondary N) is 1. The summed E-state index contributed by atoms with van der Waals surface area (Å²) >= 11 is 0. The second-order valence-corrected chi connectivity index (χ2v) is 11.8. The predicted octanol–water partition coefficient (Wildman–Crippen LogP) is 5.44. The van der Waals surface area contributed by atoms with Crippen molar-refractivity contribution in [2.75, 3.05) is 6.54 Å². The van der Waals surface area contributed by atoms with Gasteiger partial charge in [-0.3, -0.25) is 14.2 Å². The van der Waals surface area contributed by atoms with Crippen molar-refractivity contribution < 1.29 is 14.3 Å².